The first kappa shape index (κ1) is 13.4. The summed E-state index contributed by atoms with van der Waals surface area (Å²) in [5.41, 5.74) is 1.15. The van der Waals surface area contributed by atoms with Crippen molar-refractivity contribution in [1.82, 2.24) is 10.2 Å². The predicted molar refractivity (Wildman–Crippen MR) is 70.7 cm³/mol. The van der Waals surface area contributed by atoms with Crippen LogP contribution in [0.4, 0.5) is 4.79 Å². The number of hydrogen-bond donors (Lipinski definition) is 1. The lowest BCUT2D eigenvalue weighted by molar-refractivity contribution is -0.121. The number of rotatable bonds is 6. The van der Waals surface area contributed by atoms with Crippen LogP contribution in [0.25, 0.3) is 0 Å². The minimum absolute atomic E-state index is 0.0106. The lowest BCUT2D eigenvalue weighted by Crippen LogP contribution is -2.35. The summed E-state index contributed by atoms with van der Waals surface area (Å²) in [5.74, 6) is 0.0106. The van der Waals surface area contributed by atoms with Crippen LogP contribution in [0, 0.1) is 0 Å². The van der Waals surface area contributed by atoms with Crippen molar-refractivity contribution in [1.29, 1.82) is 0 Å². The molecule has 5 heteroatoms. The Hall–Kier alpha value is -2.04. The Morgan fingerprint density at radius 3 is 2.79 bits per heavy atom. The summed E-state index contributed by atoms with van der Waals surface area (Å²) in [6.45, 7) is 2.04. The SMILES string of the molecule is O=C(CCc1ccccc1)NCCN1CCOC1=O. The van der Waals surface area contributed by atoms with Gasteiger partial charge in [-0.3, -0.25) is 4.79 Å². The molecule has 102 valence electrons. The van der Waals surface area contributed by atoms with Gasteiger partial charge in [0, 0.05) is 19.5 Å². The van der Waals surface area contributed by atoms with Gasteiger partial charge in [-0.2, -0.15) is 0 Å². The van der Waals surface area contributed by atoms with Crippen LogP contribution in [-0.4, -0.2) is 43.1 Å². The van der Waals surface area contributed by atoms with Crippen LogP contribution in [0.15, 0.2) is 30.3 Å². The second kappa shape index (κ2) is 6.78. The molecule has 1 aromatic carbocycles. The summed E-state index contributed by atoms with van der Waals surface area (Å²) < 4.78 is 4.80. The van der Waals surface area contributed by atoms with Crippen LogP contribution in [0.5, 0.6) is 0 Å². The van der Waals surface area contributed by atoms with Gasteiger partial charge in [0.05, 0.1) is 6.54 Å². The molecular weight excluding hydrogens is 244 g/mol. The maximum absolute atomic E-state index is 11.6. The van der Waals surface area contributed by atoms with Crippen LogP contribution in [0.2, 0.25) is 0 Å². The molecular formula is C14H18N2O3. The average Bonchev–Trinajstić information content (AvgIpc) is 2.83. The molecule has 2 rings (SSSR count). The van der Waals surface area contributed by atoms with Crippen molar-refractivity contribution in [3.05, 3.63) is 35.9 Å². The van der Waals surface area contributed by atoms with Gasteiger partial charge in [-0.15, -0.1) is 0 Å². The van der Waals surface area contributed by atoms with E-state index in [2.05, 4.69) is 5.32 Å². The van der Waals surface area contributed by atoms with Crippen molar-refractivity contribution >= 4 is 12.0 Å². The summed E-state index contributed by atoms with van der Waals surface area (Å²) in [4.78, 5) is 24.4. The van der Waals surface area contributed by atoms with Crippen LogP contribution in [0.3, 0.4) is 0 Å². The van der Waals surface area contributed by atoms with Crippen LogP contribution in [0.1, 0.15) is 12.0 Å². The fourth-order valence-corrected chi connectivity index (χ4v) is 1.95. The summed E-state index contributed by atoms with van der Waals surface area (Å²) in [6, 6.07) is 9.90. The first-order valence-corrected chi connectivity index (χ1v) is 6.48. The van der Waals surface area contributed by atoms with Crippen molar-refractivity contribution in [2.45, 2.75) is 12.8 Å². The zero-order valence-corrected chi connectivity index (χ0v) is 10.8. The lowest BCUT2D eigenvalue weighted by Gasteiger charge is -2.12. The molecule has 1 N–H and O–H groups in total. The standard InChI is InChI=1S/C14H18N2O3/c17-13(7-6-12-4-2-1-3-5-12)15-8-9-16-10-11-19-14(16)18/h1-5H,6-11H2,(H,15,17). The third-order valence-electron chi connectivity index (χ3n) is 3.03. The highest BCUT2D eigenvalue weighted by molar-refractivity contribution is 5.76. The first-order valence-electron chi connectivity index (χ1n) is 6.48. The van der Waals surface area contributed by atoms with Gasteiger partial charge in [0.2, 0.25) is 5.91 Å². The molecule has 1 aliphatic heterocycles. The molecule has 0 radical (unpaired) electrons. The number of carbonyl (C=O) groups excluding carboxylic acids is 2. The Balaban J connectivity index is 1.61. The maximum Gasteiger partial charge on any atom is 0.409 e. The van der Waals surface area contributed by atoms with Gasteiger partial charge in [-0.1, -0.05) is 30.3 Å². The zero-order valence-electron chi connectivity index (χ0n) is 10.8. The number of cyclic esters (lactones) is 1. The predicted octanol–water partition coefficient (Wildman–Crippen LogP) is 1.19. The molecule has 0 unspecified atom stereocenters. The van der Waals surface area contributed by atoms with Crippen molar-refractivity contribution in [3.8, 4) is 0 Å². The van der Waals surface area contributed by atoms with Crippen molar-refractivity contribution in [2.24, 2.45) is 0 Å². The van der Waals surface area contributed by atoms with E-state index < -0.39 is 0 Å². The van der Waals surface area contributed by atoms with E-state index in [1.54, 1.807) is 4.90 Å². The van der Waals surface area contributed by atoms with E-state index in [9.17, 15) is 9.59 Å². The van der Waals surface area contributed by atoms with E-state index in [0.29, 0.717) is 32.7 Å². The van der Waals surface area contributed by atoms with Gasteiger partial charge in [0.25, 0.3) is 0 Å². The van der Waals surface area contributed by atoms with Crippen molar-refractivity contribution in [3.63, 3.8) is 0 Å². The average molecular weight is 262 g/mol. The van der Waals surface area contributed by atoms with E-state index in [1.807, 2.05) is 30.3 Å². The molecule has 19 heavy (non-hydrogen) atoms. The Morgan fingerprint density at radius 1 is 1.32 bits per heavy atom. The third-order valence-corrected chi connectivity index (χ3v) is 3.03. The normalized spacial score (nSPS) is 14.3. The quantitative estimate of drug-likeness (QED) is 0.837. The molecule has 2 amide bonds. The second-order valence-corrected chi connectivity index (χ2v) is 4.44. The number of amides is 2. The second-order valence-electron chi connectivity index (χ2n) is 4.44. The summed E-state index contributed by atoms with van der Waals surface area (Å²) in [5, 5.41) is 2.81. The molecule has 0 aromatic heterocycles. The molecule has 1 heterocycles. The van der Waals surface area contributed by atoms with Crippen molar-refractivity contribution in [2.75, 3.05) is 26.2 Å². The lowest BCUT2D eigenvalue weighted by atomic mass is 10.1. The van der Waals surface area contributed by atoms with E-state index in [1.165, 1.54) is 0 Å². The topological polar surface area (TPSA) is 58.6 Å². The number of carbonyl (C=O) groups is 2. The molecule has 5 nitrogen and oxygen atoms in total. The minimum Gasteiger partial charge on any atom is -0.448 e. The summed E-state index contributed by atoms with van der Waals surface area (Å²) in [6.07, 6.45) is 0.908. The molecule has 0 saturated carbocycles. The first-order chi connectivity index (χ1) is 9.25. The van der Waals surface area contributed by atoms with Gasteiger partial charge in [-0.25, -0.2) is 4.79 Å². The molecule has 0 aliphatic carbocycles. The number of nitrogens with zero attached hydrogens (tertiary/aromatic N) is 1. The number of hydrogen-bond acceptors (Lipinski definition) is 3. The Morgan fingerprint density at radius 2 is 2.11 bits per heavy atom. The molecule has 1 aliphatic rings. The molecule has 0 spiro atoms. The monoisotopic (exact) mass is 262 g/mol. The highest BCUT2D eigenvalue weighted by Gasteiger charge is 2.20. The Labute approximate surface area is 112 Å². The number of aryl methyl sites for hydroxylation is 1. The van der Waals surface area contributed by atoms with Crippen LogP contribution < -0.4 is 5.32 Å². The van der Waals surface area contributed by atoms with Gasteiger partial charge in [0.1, 0.15) is 6.61 Å². The van der Waals surface area contributed by atoms with Crippen molar-refractivity contribution < 1.29 is 14.3 Å². The fraction of sp³-hybridized carbons (Fsp3) is 0.429. The Bertz CT molecular complexity index is 434. The largest absolute Gasteiger partial charge is 0.448 e. The Kier molecular flexibility index (Phi) is 4.78. The smallest absolute Gasteiger partial charge is 0.409 e. The van der Waals surface area contributed by atoms with Gasteiger partial charge in [0.15, 0.2) is 0 Å². The van der Waals surface area contributed by atoms with Gasteiger partial charge in [-0.05, 0) is 12.0 Å². The molecule has 1 aromatic rings. The van der Waals surface area contributed by atoms with Crippen LogP contribution >= 0.6 is 0 Å². The third kappa shape index (κ3) is 4.28. The minimum atomic E-state index is -0.293. The van der Waals surface area contributed by atoms with Gasteiger partial charge >= 0.3 is 6.09 Å². The number of nitrogens with one attached hydrogen (secondary N) is 1. The number of ether oxygens (including phenoxy) is 1. The molecule has 0 atom stereocenters. The fourth-order valence-electron chi connectivity index (χ4n) is 1.95. The molecule has 0 bridgehead atoms. The van der Waals surface area contributed by atoms with E-state index in [0.717, 1.165) is 12.0 Å². The molecule has 1 fully saturated rings. The van der Waals surface area contributed by atoms with Crippen LogP contribution in [-0.2, 0) is 16.0 Å². The zero-order chi connectivity index (χ0) is 13.5. The maximum atomic E-state index is 11.6. The summed E-state index contributed by atoms with van der Waals surface area (Å²) in [7, 11) is 0. The summed E-state index contributed by atoms with van der Waals surface area (Å²) >= 11 is 0. The number of benzene rings is 1. The van der Waals surface area contributed by atoms with Gasteiger partial charge < -0.3 is 15.0 Å². The highest BCUT2D eigenvalue weighted by Crippen LogP contribution is 2.03. The van der Waals surface area contributed by atoms with E-state index in [-0.39, 0.29) is 12.0 Å². The van der Waals surface area contributed by atoms with E-state index >= 15 is 0 Å². The van der Waals surface area contributed by atoms with E-state index in [4.69, 9.17) is 4.74 Å². The highest BCUT2D eigenvalue weighted by atomic mass is 16.6. The molecule has 1 saturated heterocycles.